The zero-order valence-corrected chi connectivity index (χ0v) is 17.3. The van der Waals surface area contributed by atoms with E-state index in [1.165, 1.54) is 0 Å². The Morgan fingerprint density at radius 1 is 0.897 bits per heavy atom. The molecule has 0 saturated carbocycles. The Morgan fingerprint density at radius 2 is 1.66 bits per heavy atom. The zero-order valence-electron chi connectivity index (χ0n) is 17.3. The maximum absolute atomic E-state index is 12.5. The molecule has 5 heteroatoms. The van der Waals surface area contributed by atoms with E-state index in [0.717, 1.165) is 16.3 Å². The molecule has 0 spiro atoms. The van der Waals surface area contributed by atoms with Crippen molar-refractivity contribution in [2.24, 2.45) is 0 Å². The van der Waals surface area contributed by atoms with Gasteiger partial charge in [-0.25, -0.2) is 0 Å². The van der Waals surface area contributed by atoms with Crippen LogP contribution in [0.2, 0.25) is 0 Å². The van der Waals surface area contributed by atoms with E-state index in [-0.39, 0.29) is 12.0 Å². The van der Waals surface area contributed by atoms with Gasteiger partial charge < -0.3 is 19.5 Å². The second-order valence-electron chi connectivity index (χ2n) is 7.14. The molecule has 0 unspecified atom stereocenters. The highest BCUT2D eigenvalue weighted by Gasteiger charge is 2.15. The van der Waals surface area contributed by atoms with Crippen LogP contribution < -0.4 is 19.5 Å². The molecule has 3 aromatic carbocycles. The Labute approximate surface area is 171 Å². The van der Waals surface area contributed by atoms with Gasteiger partial charge in [0.15, 0.2) is 17.6 Å². The van der Waals surface area contributed by atoms with Crippen molar-refractivity contribution in [2.75, 3.05) is 7.11 Å². The lowest BCUT2D eigenvalue weighted by Crippen LogP contribution is -2.35. The van der Waals surface area contributed by atoms with Gasteiger partial charge >= 0.3 is 0 Å². The summed E-state index contributed by atoms with van der Waals surface area (Å²) in [6.45, 7) is 6.04. The summed E-state index contributed by atoms with van der Waals surface area (Å²) in [5.41, 5.74) is 0.921. The lowest BCUT2D eigenvalue weighted by atomic mass is 10.1. The Morgan fingerprint density at radius 3 is 2.38 bits per heavy atom. The number of carbonyl (C=O) groups excluding carboxylic acids is 1. The summed E-state index contributed by atoms with van der Waals surface area (Å²) in [6.07, 6.45) is -0.552. The molecule has 0 bridgehead atoms. The van der Waals surface area contributed by atoms with Crippen LogP contribution in [-0.2, 0) is 11.3 Å². The molecular formula is C24H27NO4. The highest BCUT2D eigenvalue weighted by Crippen LogP contribution is 2.29. The van der Waals surface area contributed by atoms with Gasteiger partial charge in [0.1, 0.15) is 5.75 Å². The first-order valence-corrected chi connectivity index (χ1v) is 9.73. The number of nitrogens with one attached hydrogen (secondary N) is 1. The maximum atomic E-state index is 12.5. The topological polar surface area (TPSA) is 56.8 Å². The van der Waals surface area contributed by atoms with Crippen LogP contribution in [0, 0.1) is 0 Å². The van der Waals surface area contributed by atoms with Gasteiger partial charge in [-0.1, -0.05) is 36.4 Å². The normalized spacial score (nSPS) is 11.9. The number of methoxy groups -OCH3 is 1. The predicted octanol–water partition coefficient (Wildman–Crippen LogP) is 4.72. The second-order valence-corrected chi connectivity index (χ2v) is 7.14. The number of ether oxygens (including phenoxy) is 3. The first kappa shape index (κ1) is 20.5. The molecule has 0 aromatic heterocycles. The molecule has 3 aromatic rings. The van der Waals surface area contributed by atoms with Gasteiger partial charge in [-0.3, -0.25) is 4.79 Å². The van der Waals surface area contributed by atoms with E-state index >= 15 is 0 Å². The molecule has 0 aliphatic carbocycles. The number of fused-ring (bicyclic) bond motifs is 1. The van der Waals surface area contributed by atoms with E-state index in [0.29, 0.717) is 23.8 Å². The van der Waals surface area contributed by atoms with Gasteiger partial charge in [-0.05, 0) is 61.4 Å². The minimum absolute atomic E-state index is 0.0579. The van der Waals surface area contributed by atoms with Gasteiger partial charge in [0.2, 0.25) is 0 Å². The van der Waals surface area contributed by atoms with Crippen LogP contribution >= 0.6 is 0 Å². The number of carbonyl (C=O) groups is 1. The Balaban J connectivity index is 1.59. The molecular weight excluding hydrogens is 366 g/mol. The minimum Gasteiger partial charge on any atom is -0.493 e. The number of hydrogen-bond acceptors (Lipinski definition) is 4. The maximum Gasteiger partial charge on any atom is 0.261 e. The number of benzene rings is 3. The Kier molecular flexibility index (Phi) is 6.60. The second kappa shape index (κ2) is 9.32. The molecule has 5 nitrogen and oxygen atoms in total. The lowest BCUT2D eigenvalue weighted by molar-refractivity contribution is -0.127. The monoisotopic (exact) mass is 393 g/mol. The zero-order chi connectivity index (χ0) is 20.8. The molecule has 0 saturated heterocycles. The average Bonchev–Trinajstić information content (AvgIpc) is 2.72. The number of amides is 1. The fourth-order valence-electron chi connectivity index (χ4n) is 3.00. The van der Waals surface area contributed by atoms with Gasteiger partial charge in [0, 0.05) is 6.54 Å². The molecule has 0 radical (unpaired) electrons. The SMILES string of the molecule is COc1cc(CNC(=O)[C@H](C)Oc2ccc3ccccc3c2)ccc1OC(C)C. The van der Waals surface area contributed by atoms with Gasteiger partial charge in [-0.2, -0.15) is 0 Å². The smallest absolute Gasteiger partial charge is 0.261 e. The molecule has 0 aliphatic heterocycles. The highest BCUT2D eigenvalue weighted by molar-refractivity contribution is 5.84. The summed E-state index contributed by atoms with van der Waals surface area (Å²) in [4.78, 5) is 12.5. The third-order valence-electron chi connectivity index (χ3n) is 4.46. The van der Waals surface area contributed by atoms with Crippen molar-refractivity contribution in [3.63, 3.8) is 0 Å². The van der Waals surface area contributed by atoms with Crippen LogP contribution in [0.1, 0.15) is 26.3 Å². The van der Waals surface area contributed by atoms with Crippen molar-refractivity contribution in [2.45, 2.75) is 39.5 Å². The van der Waals surface area contributed by atoms with E-state index in [1.807, 2.05) is 74.5 Å². The largest absolute Gasteiger partial charge is 0.493 e. The third kappa shape index (κ3) is 5.41. The fourth-order valence-corrected chi connectivity index (χ4v) is 3.00. The molecule has 0 heterocycles. The Bertz CT molecular complexity index is 984. The molecule has 0 aliphatic rings. The summed E-state index contributed by atoms with van der Waals surface area (Å²) < 4.78 is 16.9. The molecule has 1 atom stereocenters. The highest BCUT2D eigenvalue weighted by atomic mass is 16.5. The summed E-state index contributed by atoms with van der Waals surface area (Å²) in [6, 6.07) is 19.5. The van der Waals surface area contributed by atoms with Crippen LogP contribution in [0.3, 0.4) is 0 Å². The lowest BCUT2D eigenvalue weighted by Gasteiger charge is -2.17. The van der Waals surface area contributed by atoms with Crippen molar-refractivity contribution in [3.8, 4) is 17.2 Å². The van der Waals surface area contributed by atoms with E-state index in [9.17, 15) is 4.79 Å². The van der Waals surface area contributed by atoms with E-state index < -0.39 is 6.10 Å². The molecule has 0 fully saturated rings. The van der Waals surface area contributed by atoms with Crippen molar-refractivity contribution < 1.29 is 19.0 Å². The van der Waals surface area contributed by atoms with Crippen molar-refractivity contribution >= 4 is 16.7 Å². The number of rotatable bonds is 8. The predicted molar refractivity (Wildman–Crippen MR) is 115 cm³/mol. The molecule has 3 rings (SSSR count). The summed E-state index contributed by atoms with van der Waals surface area (Å²) in [5, 5.41) is 5.12. The molecule has 1 amide bonds. The van der Waals surface area contributed by atoms with E-state index in [1.54, 1.807) is 14.0 Å². The average molecular weight is 393 g/mol. The molecule has 29 heavy (non-hydrogen) atoms. The third-order valence-corrected chi connectivity index (χ3v) is 4.46. The Hall–Kier alpha value is -3.21. The van der Waals surface area contributed by atoms with Gasteiger partial charge in [0.05, 0.1) is 13.2 Å². The first-order valence-electron chi connectivity index (χ1n) is 9.73. The van der Waals surface area contributed by atoms with Crippen LogP contribution in [0.4, 0.5) is 0 Å². The quantitative estimate of drug-likeness (QED) is 0.602. The standard InChI is InChI=1S/C24H27NO4/c1-16(2)28-22-12-9-18(13-23(22)27-4)15-25-24(26)17(3)29-21-11-10-19-7-5-6-8-20(19)14-21/h5-14,16-17H,15H2,1-4H3,(H,25,26)/t17-/m0/s1. The van der Waals surface area contributed by atoms with Crippen LogP contribution in [0.15, 0.2) is 60.7 Å². The van der Waals surface area contributed by atoms with Crippen LogP contribution in [-0.4, -0.2) is 25.2 Å². The van der Waals surface area contributed by atoms with Crippen molar-refractivity contribution in [1.82, 2.24) is 5.32 Å². The van der Waals surface area contributed by atoms with E-state index in [4.69, 9.17) is 14.2 Å². The summed E-state index contributed by atoms with van der Waals surface area (Å²) in [7, 11) is 1.60. The summed E-state index contributed by atoms with van der Waals surface area (Å²) in [5.74, 6) is 1.82. The molecule has 1 N–H and O–H groups in total. The van der Waals surface area contributed by atoms with Gasteiger partial charge in [0.25, 0.3) is 5.91 Å². The molecule has 152 valence electrons. The fraction of sp³-hybridized carbons (Fsp3) is 0.292. The van der Waals surface area contributed by atoms with Gasteiger partial charge in [-0.15, -0.1) is 0 Å². The first-order chi connectivity index (χ1) is 14.0. The summed E-state index contributed by atoms with van der Waals surface area (Å²) >= 11 is 0. The van der Waals surface area contributed by atoms with Crippen LogP contribution in [0.5, 0.6) is 17.2 Å². The van der Waals surface area contributed by atoms with Crippen molar-refractivity contribution in [1.29, 1.82) is 0 Å². The number of hydrogen-bond donors (Lipinski definition) is 1. The van der Waals surface area contributed by atoms with Crippen LogP contribution in [0.25, 0.3) is 10.8 Å². The van der Waals surface area contributed by atoms with E-state index in [2.05, 4.69) is 5.32 Å². The minimum atomic E-state index is -0.610. The van der Waals surface area contributed by atoms with Crippen molar-refractivity contribution in [3.05, 3.63) is 66.2 Å².